The SMILES string of the molecule is CC(C)(C)S(=O)(=O)Cc1cccc(NC(=O)C2CCCO2)c1. The maximum Gasteiger partial charge on any atom is 0.253 e. The second-order valence-corrected chi connectivity index (χ2v) is 9.31. The van der Waals surface area contributed by atoms with E-state index in [1.165, 1.54) is 0 Å². The van der Waals surface area contributed by atoms with Crippen molar-refractivity contribution in [2.24, 2.45) is 0 Å². The molecule has 1 unspecified atom stereocenters. The second kappa shape index (κ2) is 6.38. The Morgan fingerprint density at radius 3 is 2.68 bits per heavy atom. The van der Waals surface area contributed by atoms with Gasteiger partial charge in [-0.1, -0.05) is 12.1 Å². The molecular weight excluding hydrogens is 302 g/mol. The molecule has 0 radical (unpaired) electrons. The maximum absolute atomic E-state index is 12.3. The van der Waals surface area contributed by atoms with Crippen LogP contribution in [0.4, 0.5) is 5.69 Å². The number of hydrogen-bond donors (Lipinski definition) is 1. The smallest absolute Gasteiger partial charge is 0.253 e. The van der Waals surface area contributed by atoms with Gasteiger partial charge in [0.05, 0.1) is 10.5 Å². The Bertz CT molecular complexity index is 640. The van der Waals surface area contributed by atoms with Crippen molar-refractivity contribution >= 4 is 21.4 Å². The molecule has 0 bridgehead atoms. The molecular formula is C16H23NO4S. The first-order valence-electron chi connectivity index (χ1n) is 7.43. The third-order valence-electron chi connectivity index (χ3n) is 3.71. The maximum atomic E-state index is 12.3. The Labute approximate surface area is 132 Å². The lowest BCUT2D eigenvalue weighted by atomic mass is 10.2. The van der Waals surface area contributed by atoms with Crippen LogP contribution in [-0.4, -0.2) is 31.8 Å². The Hall–Kier alpha value is -1.40. The standard InChI is InChI=1S/C16H23NO4S/c1-16(2,3)22(19,20)11-12-6-4-7-13(10-12)17-15(18)14-8-5-9-21-14/h4,6-7,10,14H,5,8-9,11H2,1-3H3,(H,17,18). The van der Waals surface area contributed by atoms with Crippen molar-refractivity contribution in [2.45, 2.75) is 50.2 Å². The van der Waals surface area contributed by atoms with Gasteiger partial charge in [-0.05, 0) is 51.3 Å². The molecule has 122 valence electrons. The molecule has 0 aliphatic carbocycles. The highest BCUT2D eigenvalue weighted by Gasteiger charge is 2.29. The van der Waals surface area contributed by atoms with Gasteiger partial charge in [0.15, 0.2) is 9.84 Å². The molecule has 1 fully saturated rings. The van der Waals surface area contributed by atoms with Crippen molar-refractivity contribution in [3.05, 3.63) is 29.8 Å². The predicted octanol–water partition coefficient (Wildman–Crippen LogP) is 2.52. The van der Waals surface area contributed by atoms with Crippen LogP contribution < -0.4 is 5.32 Å². The fourth-order valence-corrected chi connectivity index (χ4v) is 3.23. The van der Waals surface area contributed by atoms with Crippen molar-refractivity contribution < 1.29 is 17.9 Å². The Morgan fingerprint density at radius 2 is 2.09 bits per heavy atom. The Kier molecular flexibility index (Phi) is 4.92. The van der Waals surface area contributed by atoms with Gasteiger partial charge >= 0.3 is 0 Å². The van der Waals surface area contributed by atoms with Crippen molar-refractivity contribution in [3.63, 3.8) is 0 Å². The zero-order valence-corrected chi connectivity index (χ0v) is 14.1. The van der Waals surface area contributed by atoms with Crippen molar-refractivity contribution in [1.29, 1.82) is 0 Å². The molecule has 0 spiro atoms. The number of anilines is 1. The van der Waals surface area contributed by atoms with Crippen LogP contribution in [0.2, 0.25) is 0 Å². The molecule has 1 saturated heterocycles. The normalized spacial score (nSPS) is 19.1. The van der Waals surface area contributed by atoms with E-state index in [1.807, 2.05) is 0 Å². The predicted molar refractivity (Wildman–Crippen MR) is 86.4 cm³/mol. The van der Waals surface area contributed by atoms with E-state index in [0.29, 0.717) is 17.9 Å². The third kappa shape index (κ3) is 4.08. The fourth-order valence-electron chi connectivity index (χ4n) is 2.18. The van der Waals surface area contributed by atoms with E-state index in [0.717, 1.165) is 12.8 Å². The first-order chi connectivity index (χ1) is 10.2. The zero-order valence-electron chi connectivity index (χ0n) is 13.3. The van der Waals surface area contributed by atoms with E-state index in [9.17, 15) is 13.2 Å². The van der Waals surface area contributed by atoms with Crippen LogP contribution in [0, 0.1) is 0 Å². The van der Waals surface area contributed by atoms with E-state index in [2.05, 4.69) is 5.32 Å². The average molecular weight is 325 g/mol. The number of sulfone groups is 1. The number of nitrogens with one attached hydrogen (secondary N) is 1. The van der Waals surface area contributed by atoms with Gasteiger partial charge in [0.1, 0.15) is 6.10 Å². The van der Waals surface area contributed by atoms with Crippen LogP contribution in [0.1, 0.15) is 39.2 Å². The molecule has 6 heteroatoms. The molecule has 0 saturated carbocycles. The van der Waals surface area contributed by atoms with Crippen LogP contribution >= 0.6 is 0 Å². The van der Waals surface area contributed by atoms with Gasteiger partial charge in [0.25, 0.3) is 5.91 Å². The summed E-state index contributed by atoms with van der Waals surface area (Å²) < 4.78 is 29.0. The summed E-state index contributed by atoms with van der Waals surface area (Å²) in [6, 6.07) is 6.96. The number of ether oxygens (including phenoxy) is 1. The summed E-state index contributed by atoms with van der Waals surface area (Å²) in [4.78, 5) is 12.0. The van der Waals surface area contributed by atoms with Crippen molar-refractivity contribution in [3.8, 4) is 0 Å². The van der Waals surface area contributed by atoms with E-state index >= 15 is 0 Å². The van der Waals surface area contributed by atoms with Gasteiger partial charge in [-0.2, -0.15) is 0 Å². The highest BCUT2D eigenvalue weighted by molar-refractivity contribution is 7.91. The minimum Gasteiger partial charge on any atom is -0.368 e. The average Bonchev–Trinajstić information content (AvgIpc) is 2.91. The summed E-state index contributed by atoms with van der Waals surface area (Å²) in [5, 5.41) is 2.79. The van der Waals surface area contributed by atoms with E-state index in [1.54, 1.807) is 45.0 Å². The van der Waals surface area contributed by atoms with Crippen LogP contribution in [0.5, 0.6) is 0 Å². The summed E-state index contributed by atoms with van der Waals surface area (Å²) in [7, 11) is -3.25. The van der Waals surface area contributed by atoms with Gasteiger partial charge in [-0.15, -0.1) is 0 Å². The Balaban J connectivity index is 2.08. The zero-order chi connectivity index (χ0) is 16.4. The molecule has 1 aromatic carbocycles. The molecule has 1 aliphatic rings. The summed E-state index contributed by atoms with van der Waals surface area (Å²) in [6.45, 7) is 5.67. The molecule has 1 heterocycles. The lowest BCUT2D eigenvalue weighted by Gasteiger charge is -2.19. The molecule has 22 heavy (non-hydrogen) atoms. The molecule has 0 aromatic heterocycles. The number of hydrogen-bond acceptors (Lipinski definition) is 4. The molecule has 1 amide bonds. The van der Waals surface area contributed by atoms with E-state index in [-0.39, 0.29) is 11.7 Å². The van der Waals surface area contributed by atoms with Gasteiger partial charge in [-0.25, -0.2) is 8.42 Å². The number of benzene rings is 1. The van der Waals surface area contributed by atoms with Gasteiger partial charge in [-0.3, -0.25) is 4.79 Å². The first-order valence-corrected chi connectivity index (χ1v) is 9.08. The van der Waals surface area contributed by atoms with Gasteiger partial charge in [0, 0.05) is 12.3 Å². The molecule has 2 rings (SSSR count). The number of amides is 1. The fraction of sp³-hybridized carbons (Fsp3) is 0.562. The van der Waals surface area contributed by atoms with E-state index in [4.69, 9.17) is 4.74 Å². The second-order valence-electron chi connectivity index (χ2n) is 6.56. The van der Waals surface area contributed by atoms with Crippen LogP contribution in [0.25, 0.3) is 0 Å². The summed E-state index contributed by atoms with van der Waals surface area (Å²) in [6.07, 6.45) is 1.22. The van der Waals surface area contributed by atoms with Crippen molar-refractivity contribution in [2.75, 3.05) is 11.9 Å². The summed E-state index contributed by atoms with van der Waals surface area (Å²) >= 11 is 0. The van der Waals surface area contributed by atoms with Crippen LogP contribution in [0.3, 0.4) is 0 Å². The van der Waals surface area contributed by atoms with Gasteiger partial charge < -0.3 is 10.1 Å². The van der Waals surface area contributed by atoms with Crippen molar-refractivity contribution in [1.82, 2.24) is 0 Å². The molecule has 1 aliphatic heterocycles. The highest BCUT2D eigenvalue weighted by atomic mass is 32.2. The quantitative estimate of drug-likeness (QED) is 0.923. The third-order valence-corrected chi connectivity index (χ3v) is 6.29. The Morgan fingerprint density at radius 1 is 1.36 bits per heavy atom. The number of carbonyl (C=O) groups is 1. The minimum absolute atomic E-state index is 0.0415. The molecule has 1 aromatic rings. The lowest BCUT2D eigenvalue weighted by Crippen LogP contribution is -2.29. The monoisotopic (exact) mass is 325 g/mol. The van der Waals surface area contributed by atoms with E-state index < -0.39 is 20.7 Å². The topological polar surface area (TPSA) is 72.5 Å². The number of carbonyl (C=O) groups excluding carboxylic acids is 1. The summed E-state index contributed by atoms with van der Waals surface area (Å²) in [5.41, 5.74) is 1.27. The molecule has 5 nitrogen and oxygen atoms in total. The lowest BCUT2D eigenvalue weighted by molar-refractivity contribution is -0.124. The summed E-state index contributed by atoms with van der Waals surface area (Å²) in [5.74, 6) is -0.214. The minimum atomic E-state index is -3.25. The molecule has 1 atom stereocenters. The first kappa shape index (κ1) is 17.0. The van der Waals surface area contributed by atoms with Gasteiger partial charge in [0.2, 0.25) is 0 Å². The van der Waals surface area contributed by atoms with Crippen LogP contribution in [-0.2, 0) is 25.1 Å². The highest BCUT2D eigenvalue weighted by Crippen LogP contribution is 2.22. The molecule has 1 N–H and O–H groups in total. The number of rotatable bonds is 4. The van der Waals surface area contributed by atoms with Crippen LogP contribution in [0.15, 0.2) is 24.3 Å². The largest absolute Gasteiger partial charge is 0.368 e.